The van der Waals surface area contributed by atoms with E-state index in [0.717, 1.165) is 16.7 Å². The van der Waals surface area contributed by atoms with Crippen molar-refractivity contribution in [2.45, 2.75) is 32.0 Å². The van der Waals surface area contributed by atoms with Crippen LogP contribution in [0.1, 0.15) is 29.5 Å². The van der Waals surface area contributed by atoms with Gasteiger partial charge in [-0.1, -0.05) is 84.0 Å². The molecule has 0 bridgehead atoms. The van der Waals surface area contributed by atoms with Gasteiger partial charge < -0.3 is 10.6 Å². The number of carbonyl (C=O) groups excluding carboxylic acids is 3. The van der Waals surface area contributed by atoms with Crippen LogP contribution in [-0.2, 0) is 27.5 Å². The Hall–Kier alpha value is -3.95. The van der Waals surface area contributed by atoms with Gasteiger partial charge in [-0.25, -0.2) is 4.99 Å². The van der Waals surface area contributed by atoms with Crippen molar-refractivity contribution in [2.75, 3.05) is 5.75 Å². The van der Waals surface area contributed by atoms with Gasteiger partial charge in [0.1, 0.15) is 11.9 Å². The first-order valence-corrected chi connectivity index (χ1v) is 13.9. The summed E-state index contributed by atoms with van der Waals surface area (Å²) in [5.74, 6) is -0.0773. The molecule has 1 unspecified atom stereocenters. The molecule has 39 heavy (non-hydrogen) atoms. The highest BCUT2D eigenvalue weighted by Crippen LogP contribution is 2.35. The Morgan fingerprint density at radius 2 is 1.59 bits per heavy atom. The van der Waals surface area contributed by atoms with Gasteiger partial charge in [0.15, 0.2) is 5.17 Å². The standard InChI is InChI=1S/C29H26ClN5O3S/c30-22-12-6-4-10-20(22)17-32-26(37)18-39-29-33-23-13-7-5-11-21(23)27-34-28(38)24(35(27)29)14-15-25(36)31-16-19-8-2-1-3-9-19/h1-13,24H,14-18H2,(H,31,36)(H,32,37). The quantitative estimate of drug-likeness (QED) is 0.403. The summed E-state index contributed by atoms with van der Waals surface area (Å²) in [5.41, 5.74) is 3.25. The normalized spacial score (nSPS) is 15.7. The molecule has 0 saturated heterocycles. The van der Waals surface area contributed by atoms with Gasteiger partial charge in [-0.2, -0.15) is 4.99 Å². The average Bonchev–Trinajstić information content (AvgIpc) is 3.30. The smallest absolute Gasteiger partial charge is 0.270 e. The van der Waals surface area contributed by atoms with Crippen molar-refractivity contribution >= 4 is 57.8 Å². The largest absolute Gasteiger partial charge is 0.352 e. The minimum atomic E-state index is -0.673. The lowest BCUT2D eigenvalue weighted by molar-refractivity contribution is -0.122. The molecule has 0 saturated carbocycles. The van der Waals surface area contributed by atoms with Gasteiger partial charge in [0.25, 0.3) is 5.91 Å². The third kappa shape index (κ3) is 6.38. The van der Waals surface area contributed by atoms with Crippen LogP contribution >= 0.6 is 23.4 Å². The highest BCUT2D eigenvalue weighted by Gasteiger charge is 2.41. The van der Waals surface area contributed by atoms with Crippen LogP contribution < -0.4 is 10.6 Å². The lowest BCUT2D eigenvalue weighted by atomic mass is 10.1. The lowest BCUT2D eigenvalue weighted by Crippen LogP contribution is -2.44. The molecule has 1 atom stereocenters. The van der Waals surface area contributed by atoms with Crippen LogP contribution in [0.4, 0.5) is 5.69 Å². The van der Waals surface area contributed by atoms with Crippen molar-refractivity contribution in [1.29, 1.82) is 0 Å². The molecule has 2 aliphatic rings. The van der Waals surface area contributed by atoms with Crippen LogP contribution in [0.2, 0.25) is 5.02 Å². The number of para-hydroxylation sites is 1. The van der Waals surface area contributed by atoms with E-state index < -0.39 is 6.04 Å². The number of nitrogens with zero attached hydrogens (tertiary/aromatic N) is 3. The summed E-state index contributed by atoms with van der Waals surface area (Å²) in [6, 6.07) is 23.7. The molecule has 10 heteroatoms. The molecule has 2 heterocycles. The number of amides is 3. The molecular formula is C29H26ClN5O3S. The fourth-order valence-corrected chi connectivity index (χ4v) is 5.43. The second-order valence-electron chi connectivity index (χ2n) is 9.03. The molecule has 198 valence electrons. The number of hydrogen-bond donors (Lipinski definition) is 2. The maximum Gasteiger partial charge on any atom is 0.270 e. The SMILES string of the molecule is O=C(CCC1C(=O)N=C2c3ccccc3N=C(SCC(=O)NCc3ccccc3Cl)N21)NCc1ccccc1. The predicted molar refractivity (Wildman–Crippen MR) is 154 cm³/mol. The van der Waals surface area contributed by atoms with Gasteiger partial charge >= 0.3 is 0 Å². The number of carbonyl (C=O) groups is 3. The third-order valence-corrected chi connectivity index (χ3v) is 7.67. The molecule has 5 rings (SSSR count). The Labute approximate surface area is 235 Å². The van der Waals surface area contributed by atoms with E-state index in [0.29, 0.717) is 34.8 Å². The number of halogens is 1. The van der Waals surface area contributed by atoms with Crippen LogP contribution in [0.3, 0.4) is 0 Å². The van der Waals surface area contributed by atoms with E-state index in [1.54, 1.807) is 11.0 Å². The Morgan fingerprint density at radius 3 is 2.41 bits per heavy atom. The number of hydrogen-bond acceptors (Lipinski definition) is 6. The van der Waals surface area contributed by atoms with Gasteiger partial charge in [-0.05, 0) is 35.7 Å². The molecule has 0 aromatic heterocycles. The maximum absolute atomic E-state index is 13.0. The maximum atomic E-state index is 13.0. The fraction of sp³-hybridized carbons (Fsp3) is 0.207. The third-order valence-electron chi connectivity index (χ3n) is 6.35. The van der Waals surface area contributed by atoms with Gasteiger partial charge in [0.2, 0.25) is 11.8 Å². The minimum absolute atomic E-state index is 0.0910. The van der Waals surface area contributed by atoms with Crippen molar-refractivity contribution < 1.29 is 14.4 Å². The van der Waals surface area contributed by atoms with Gasteiger partial charge in [-0.3, -0.25) is 19.3 Å². The number of benzene rings is 3. The molecule has 0 spiro atoms. The molecule has 3 aromatic carbocycles. The number of rotatable bonds is 9. The number of aliphatic imine (C=N–C) groups is 2. The number of fused-ring (bicyclic) bond motifs is 3. The first-order valence-electron chi connectivity index (χ1n) is 12.5. The van der Waals surface area contributed by atoms with Crippen LogP contribution in [0, 0.1) is 0 Å². The zero-order chi connectivity index (χ0) is 27.2. The average molecular weight is 560 g/mol. The van der Waals surface area contributed by atoms with Crippen LogP contribution in [0.15, 0.2) is 88.8 Å². The molecule has 3 aromatic rings. The summed E-state index contributed by atoms with van der Waals surface area (Å²) in [6.07, 6.45) is 0.424. The molecule has 8 nitrogen and oxygen atoms in total. The number of amidine groups is 2. The van der Waals surface area contributed by atoms with Crippen LogP contribution in [-0.4, -0.2) is 45.4 Å². The van der Waals surface area contributed by atoms with Gasteiger partial charge in [0.05, 0.1) is 11.4 Å². The summed E-state index contributed by atoms with van der Waals surface area (Å²) in [6.45, 7) is 0.729. The first-order chi connectivity index (χ1) is 19.0. The Morgan fingerprint density at radius 1 is 0.872 bits per heavy atom. The zero-order valence-electron chi connectivity index (χ0n) is 21.0. The first kappa shape index (κ1) is 26.6. The molecule has 0 radical (unpaired) electrons. The van der Waals surface area contributed by atoms with Crippen molar-refractivity contribution in [1.82, 2.24) is 15.5 Å². The monoisotopic (exact) mass is 559 g/mol. The molecule has 0 aliphatic carbocycles. The molecule has 2 N–H and O–H groups in total. The van der Waals surface area contributed by atoms with Crippen LogP contribution in [0.5, 0.6) is 0 Å². The fourth-order valence-electron chi connectivity index (χ4n) is 4.35. The topological polar surface area (TPSA) is 103 Å². The summed E-state index contributed by atoms with van der Waals surface area (Å²) in [7, 11) is 0. The predicted octanol–water partition coefficient (Wildman–Crippen LogP) is 4.44. The van der Waals surface area contributed by atoms with Crippen molar-refractivity contribution in [3.63, 3.8) is 0 Å². The molecule has 0 fully saturated rings. The molecular weight excluding hydrogens is 534 g/mol. The van der Waals surface area contributed by atoms with E-state index >= 15 is 0 Å². The highest BCUT2D eigenvalue weighted by atomic mass is 35.5. The van der Waals surface area contributed by atoms with Crippen molar-refractivity contribution in [3.05, 3.63) is 101 Å². The summed E-state index contributed by atoms with van der Waals surface area (Å²) in [5, 5.41) is 6.87. The van der Waals surface area contributed by atoms with Crippen molar-refractivity contribution in [3.8, 4) is 0 Å². The second kappa shape index (κ2) is 12.3. The van der Waals surface area contributed by atoms with Gasteiger partial charge in [-0.15, -0.1) is 0 Å². The Kier molecular flexibility index (Phi) is 8.39. The second-order valence-corrected chi connectivity index (χ2v) is 10.4. The number of nitrogens with one attached hydrogen (secondary N) is 2. The summed E-state index contributed by atoms with van der Waals surface area (Å²) >= 11 is 7.42. The highest BCUT2D eigenvalue weighted by molar-refractivity contribution is 8.14. The Bertz CT molecular complexity index is 1460. The molecule has 2 aliphatic heterocycles. The van der Waals surface area contributed by atoms with E-state index in [1.165, 1.54) is 11.8 Å². The van der Waals surface area contributed by atoms with Gasteiger partial charge in [0, 0.05) is 30.1 Å². The van der Waals surface area contributed by atoms with Crippen LogP contribution in [0.25, 0.3) is 0 Å². The van der Waals surface area contributed by atoms with E-state index in [9.17, 15) is 14.4 Å². The minimum Gasteiger partial charge on any atom is -0.352 e. The summed E-state index contributed by atoms with van der Waals surface area (Å²) in [4.78, 5) is 49.1. The summed E-state index contributed by atoms with van der Waals surface area (Å²) < 4.78 is 0. The molecule has 3 amide bonds. The van der Waals surface area contributed by atoms with E-state index in [4.69, 9.17) is 16.6 Å². The van der Waals surface area contributed by atoms with Crippen molar-refractivity contribution in [2.24, 2.45) is 9.98 Å². The van der Waals surface area contributed by atoms with E-state index in [-0.39, 0.29) is 36.3 Å². The van der Waals surface area contributed by atoms with E-state index in [1.807, 2.05) is 72.8 Å². The van der Waals surface area contributed by atoms with E-state index in [2.05, 4.69) is 15.6 Å². The number of thioether (sulfide) groups is 1. The Balaban J connectivity index is 1.24. The lowest BCUT2D eigenvalue weighted by Gasteiger charge is -2.31. The zero-order valence-corrected chi connectivity index (χ0v) is 22.5.